The van der Waals surface area contributed by atoms with Crippen molar-refractivity contribution in [2.24, 2.45) is 0 Å². The molecule has 1 atom stereocenters. The summed E-state index contributed by atoms with van der Waals surface area (Å²) in [5.74, 6) is -0.757. The Morgan fingerprint density at radius 3 is 2.16 bits per heavy atom. The Morgan fingerprint density at radius 1 is 0.892 bits per heavy atom. The minimum Gasteiger partial charge on any atom is -0.357 e. The van der Waals surface area contributed by atoms with Crippen molar-refractivity contribution >= 4 is 27.5 Å². The van der Waals surface area contributed by atoms with E-state index in [4.69, 9.17) is 0 Å². The summed E-state index contributed by atoms with van der Waals surface area (Å²) in [6.45, 7) is 7.21. The Hall–Kier alpha value is -3.65. The SMILES string of the molecule is CC[C@H](C(=O)NC)N(Cc1ccccc1C)C(=O)CN(c1cc(C)ccc1C)S(=O)(=O)c1ccccc1. The van der Waals surface area contributed by atoms with Crippen molar-refractivity contribution in [1.82, 2.24) is 10.2 Å². The van der Waals surface area contributed by atoms with E-state index in [9.17, 15) is 18.0 Å². The fourth-order valence-electron chi connectivity index (χ4n) is 4.28. The molecule has 196 valence electrons. The van der Waals surface area contributed by atoms with E-state index in [2.05, 4.69) is 5.32 Å². The summed E-state index contributed by atoms with van der Waals surface area (Å²) in [6.07, 6.45) is 0.381. The number of likely N-dealkylation sites (N-methyl/N-ethyl adjacent to an activating group) is 1. The van der Waals surface area contributed by atoms with Gasteiger partial charge in [0.2, 0.25) is 11.8 Å². The summed E-state index contributed by atoms with van der Waals surface area (Å²) < 4.78 is 28.9. The number of nitrogens with one attached hydrogen (secondary N) is 1. The van der Waals surface area contributed by atoms with Gasteiger partial charge in [-0.15, -0.1) is 0 Å². The average Bonchev–Trinajstić information content (AvgIpc) is 2.89. The molecule has 0 saturated heterocycles. The van der Waals surface area contributed by atoms with Gasteiger partial charge in [-0.3, -0.25) is 13.9 Å². The number of carbonyl (C=O) groups excluding carboxylic acids is 2. The van der Waals surface area contributed by atoms with Crippen LogP contribution in [0.4, 0.5) is 5.69 Å². The zero-order chi connectivity index (χ0) is 27.2. The largest absolute Gasteiger partial charge is 0.357 e. The molecule has 0 saturated carbocycles. The van der Waals surface area contributed by atoms with E-state index in [-0.39, 0.29) is 17.3 Å². The van der Waals surface area contributed by atoms with Crippen molar-refractivity contribution in [2.75, 3.05) is 17.9 Å². The molecule has 0 fully saturated rings. The van der Waals surface area contributed by atoms with Crippen LogP contribution in [-0.2, 0) is 26.2 Å². The molecule has 0 heterocycles. The zero-order valence-electron chi connectivity index (χ0n) is 22.1. The van der Waals surface area contributed by atoms with Crippen molar-refractivity contribution in [3.63, 3.8) is 0 Å². The Balaban J connectivity index is 2.11. The maximum absolute atomic E-state index is 14.0. The molecule has 2 amide bonds. The molecule has 0 unspecified atom stereocenters. The molecule has 7 nitrogen and oxygen atoms in total. The van der Waals surface area contributed by atoms with Crippen LogP contribution in [0.15, 0.2) is 77.7 Å². The summed E-state index contributed by atoms with van der Waals surface area (Å²) in [4.78, 5) is 28.4. The molecule has 0 aliphatic heterocycles. The van der Waals surface area contributed by atoms with Crippen molar-refractivity contribution in [3.8, 4) is 0 Å². The lowest BCUT2D eigenvalue weighted by molar-refractivity contribution is -0.140. The molecule has 0 bridgehead atoms. The second-order valence-corrected chi connectivity index (χ2v) is 11.0. The first-order valence-corrected chi connectivity index (χ1v) is 13.7. The third-order valence-corrected chi connectivity index (χ3v) is 8.25. The number of amides is 2. The van der Waals surface area contributed by atoms with Gasteiger partial charge in [0, 0.05) is 13.6 Å². The lowest BCUT2D eigenvalue weighted by Crippen LogP contribution is -2.52. The summed E-state index contributed by atoms with van der Waals surface area (Å²) in [7, 11) is -2.54. The Bertz CT molecular complexity index is 1360. The Kier molecular flexibility index (Phi) is 9.10. The number of nitrogens with zero attached hydrogens (tertiary/aromatic N) is 2. The number of rotatable bonds is 10. The molecular weight excluding hydrogens is 486 g/mol. The van der Waals surface area contributed by atoms with Gasteiger partial charge in [-0.1, -0.05) is 61.5 Å². The lowest BCUT2D eigenvalue weighted by atomic mass is 10.1. The second-order valence-electron chi connectivity index (χ2n) is 9.10. The third kappa shape index (κ3) is 6.38. The molecular formula is C29H35N3O4S. The van der Waals surface area contributed by atoms with E-state index in [1.54, 1.807) is 24.3 Å². The number of hydrogen-bond acceptors (Lipinski definition) is 4. The number of sulfonamides is 1. The lowest BCUT2D eigenvalue weighted by Gasteiger charge is -2.33. The van der Waals surface area contributed by atoms with Gasteiger partial charge in [0.1, 0.15) is 12.6 Å². The van der Waals surface area contributed by atoms with Crippen molar-refractivity contribution in [2.45, 2.75) is 51.6 Å². The predicted octanol–water partition coefficient (Wildman–Crippen LogP) is 4.36. The molecule has 0 aliphatic carbocycles. The molecule has 0 radical (unpaired) electrons. The second kappa shape index (κ2) is 12.1. The highest BCUT2D eigenvalue weighted by molar-refractivity contribution is 7.92. The quantitative estimate of drug-likeness (QED) is 0.430. The molecule has 0 spiro atoms. The van der Waals surface area contributed by atoms with Gasteiger partial charge in [0.15, 0.2) is 0 Å². The van der Waals surface area contributed by atoms with Gasteiger partial charge >= 0.3 is 0 Å². The van der Waals surface area contributed by atoms with Crippen LogP contribution >= 0.6 is 0 Å². The molecule has 0 aromatic heterocycles. The first-order chi connectivity index (χ1) is 17.6. The molecule has 3 rings (SSSR count). The summed E-state index contributed by atoms with van der Waals surface area (Å²) in [5.41, 5.74) is 3.90. The maximum Gasteiger partial charge on any atom is 0.264 e. The standard InChI is InChI=1S/C29H35N3O4S/c1-6-26(29(34)30-5)31(19-24-13-11-10-12-22(24)3)28(33)20-32(27-18-21(2)16-17-23(27)4)37(35,36)25-14-8-7-9-15-25/h7-18,26H,6,19-20H2,1-5H3,(H,30,34)/t26-/m1/s1. The van der Waals surface area contributed by atoms with E-state index >= 15 is 0 Å². The molecule has 3 aromatic rings. The zero-order valence-corrected chi connectivity index (χ0v) is 22.9. The highest BCUT2D eigenvalue weighted by Gasteiger charge is 2.34. The van der Waals surface area contributed by atoms with E-state index in [0.717, 1.165) is 26.6 Å². The van der Waals surface area contributed by atoms with Gasteiger partial charge < -0.3 is 10.2 Å². The fourth-order valence-corrected chi connectivity index (χ4v) is 5.77. The molecule has 3 aromatic carbocycles. The minimum atomic E-state index is -4.08. The highest BCUT2D eigenvalue weighted by Crippen LogP contribution is 2.28. The number of aryl methyl sites for hydroxylation is 3. The van der Waals surface area contributed by atoms with Crippen molar-refractivity contribution in [3.05, 3.63) is 95.1 Å². The first-order valence-electron chi connectivity index (χ1n) is 12.3. The highest BCUT2D eigenvalue weighted by atomic mass is 32.2. The van der Waals surface area contributed by atoms with Gasteiger partial charge in [-0.25, -0.2) is 8.42 Å². The number of carbonyl (C=O) groups is 2. The van der Waals surface area contributed by atoms with Crippen molar-refractivity contribution < 1.29 is 18.0 Å². The minimum absolute atomic E-state index is 0.0903. The summed E-state index contributed by atoms with van der Waals surface area (Å²) >= 11 is 0. The summed E-state index contributed by atoms with van der Waals surface area (Å²) in [5, 5.41) is 2.64. The van der Waals surface area contributed by atoms with Crippen LogP contribution < -0.4 is 9.62 Å². The van der Waals surface area contributed by atoms with E-state index in [1.807, 2.05) is 64.1 Å². The van der Waals surface area contributed by atoms with Crippen LogP contribution in [-0.4, -0.2) is 44.8 Å². The molecule has 1 N–H and O–H groups in total. The Morgan fingerprint density at radius 2 is 1.54 bits per heavy atom. The normalized spacial score (nSPS) is 12.0. The molecule has 0 aliphatic rings. The van der Waals surface area contributed by atoms with E-state index < -0.39 is 28.5 Å². The number of anilines is 1. The van der Waals surface area contributed by atoms with E-state index in [1.165, 1.54) is 24.1 Å². The van der Waals surface area contributed by atoms with Crippen LogP contribution in [0.5, 0.6) is 0 Å². The molecule has 37 heavy (non-hydrogen) atoms. The summed E-state index contributed by atoms with van der Waals surface area (Å²) in [6, 6.07) is 20.5. The van der Waals surface area contributed by atoms with Gasteiger partial charge in [-0.05, 0) is 67.6 Å². The van der Waals surface area contributed by atoms with Gasteiger partial charge in [0.25, 0.3) is 10.0 Å². The van der Waals surface area contributed by atoms with Gasteiger partial charge in [-0.2, -0.15) is 0 Å². The van der Waals surface area contributed by atoms with Crippen molar-refractivity contribution in [1.29, 1.82) is 0 Å². The topological polar surface area (TPSA) is 86.8 Å². The van der Waals surface area contributed by atoms with Gasteiger partial charge in [0.05, 0.1) is 10.6 Å². The van der Waals surface area contributed by atoms with Crippen LogP contribution in [0.25, 0.3) is 0 Å². The first kappa shape index (κ1) is 27.9. The number of hydrogen-bond donors (Lipinski definition) is 1. The smallest absolute Gasteiger partial charge is 0.264 e. The van der Waals surface area contributed by atoms with E-state index in [0.29, 0.717) is 12.1 Å². The van der Waals surface area contributed by atoms with Crippen LogP contribution in [0, 0.1) is 20.8 Å². The Labute approximate surface area is 220 Å². The molecule has 8 heteroatoms. The fraction of sp³-hybridized carbons (Fsp3) is 0.310. The maximum atomic E-state index is 14.0. The average molecular weight is 522 g/mol. The van der Waals surface area contributed by atoms with Crippen LogP contribution in [0.2, 0.25) is 0 Å². The monoisotopic (exact) mass is 521 g/mol. The van der Waals surface area contributed by atoms with Crippen LogP contribution in [0.1, 0.15) is 35.6 Å². The van der Waals surface area contributed by atoms with Crippen LogP contribution in [0.3, 0.4) is 0 Å². The number of benzene rings is 3. The predicted molar refractivity (Wildman–Crippen MR) is 147 cm³/mol. The third-order valence-electron chi connectivity index (χ3n) is 6.48.